The highest BCUT2D eigenvalue weighted by atomic mass is 79.9. The molecule has 2 aromatic rings. The molecule has 0 bridgehead atoms. The van der Waals surface area contributed by atoms with Gasteiger partial charge in [0.25, 0.3) is 0 Å². The SMILES string of the molecule is CNC(c1sc(C)nc1C)c1c(Br)cnn1CCN(C)C. The highest BCUT2D eigenvalue weighted by Gasteiger charge is 2.24. The van der Waals surface area contributed by atoms with Gasteiger partial charge in [-0.15, -0.1) is 11.3 Å². The minimum Gasteiger partial charge on any atom is -0.308 e. The lowest BCUT2D eigenvalue weighted by atomic mass is 10.1. The van der Waals surface area contributed by atoms with Crippen molar-refractivity contribution >= 4 is 27.3 Å². The van der Waals surface area contributed by atoms with E-state index in [1.807, 2.05) is 20.2 Å². The van der Waals surface area contributed by atoms with Crippen LogP contribution in [-0.4, -0.2) is 47.4 Å². The number of thiazole rings is 1. The van der Waals surface area contributed by atoms with Gasteiger partial charge in [0.15, 0.2) is 0 Å². The lowest BCUT2D eigenvalue weighted by Crippen LogP contribution is -2.25. The predicted octanol–water partition coefficient (Wildman–Crippen LogP) is 2.59. The quantitative estimate of drug-likeness (QED) is 0.847. The van der Waals surface area contributed by atoms with Gasteiger partial charge in [-0.3, -0.25) is 4.68 Å². The van der Waals surface area contributed by atoms with Gasteiger partial charge < -0.3 is 10.2 Å². The normalized spacial score (nSPS) is 13.1. The zero-order valence-electron chi connectivity index (χ0n) is 13.1. The maximum absolute atomic E-state index is 4.55. The Bertz CT molecular complexity index is 605. The van der Waals surface area contributed by atoms with Crippen LogP contribution in [0.4, 0.5) is 0 Å². The number of hydrogen-bond donors (Lipinski definition) is 1. The number of nitrogens with zero attached hydrogens (tertiary/aromatic N) is 4. The molecule has 0 aliphatic rings. The monoisotopic (exact) mass is 371 g/mol. The second-order valence-electron chi connectivity index (χ2n) is 5.31. The van der Waals surface area contributed by atoms with E-state index in [1.165, 1.54) is 4.88 Å². The molecule has 0 amide bonds. The first-order valence-electron chi connectivity index (χ1n) is 6.91. The van der Waals surface area contributed by atoms with Gasteiger partial charge in [-0.25, -0.2) is 4.98 Å². The van der Waals surface area contributed by atoms with Crippen LogP contribution in [0, 0.1) is 13.8 Å². The third kappa shape index (κ3) is 3.71. The molecule has 2 rings (SSSR count). The van der Waals surface area contributed by atoms with Crippen LogP contribution in [0.25, 0.3) is 0 Å². The fourth-order valence-electron chi connectivity index (χ4n) is 2.34. The van der Waals surface area contributed by atoms with Crippen molar-refractivity contribution in [2.45, 2.75) is 26.4 Å². The molecule has 0 saturated heterocycles. The Balaban J connectivity index is 2.38. The van der Waals surface area contributed by atoms with Crippen LogP contribution in [0.2, 0.25) is 0 Å². The van der Waals surface area contributed by atoms with Crippen LogP contribution in [0.3, 0.4) is 0 Å². The molecule has 116 valence electrons. The first-order valence-corrected chi connectivity index (χ1v) is 8.52. The van der Waals surface area contributed by atoms with E-state index < -0.39 is 0 Å². The topological polar surface area (TPSA) is 46.0 Å². The molecular formula is C14H22BrN5S. The Morgan fingerprint density at radius 2 is 2.14 bits per heavy atom. The van der Waals surface area contributed by atoms with Gasteiger partial charge >= 0.3 is 0 Å². The standard InChI is InChI=1S/C14H22BrN5S/c1-9-14(21-10(2)18-9)12(16-3)13-11(15)8-17-20(13)7-6-19(4)5/h8,12,16H,6-7H2,1-5H3. The molecule has 2 heterocycles. The Morgan fingerprint density at radius 3 is 2.67 bits per heavy atom. The van der Waals surface area contributed by atoms with E-state index in [4.69, 9.17) is 0 Å². The van der Waals surface area contributed by atoms with E-state index in [1.54, 1.807) is 11.3 Å². The van der Waals surface area contributed by atoms with Crippen LogP contribution in [0.5, 0.6) is 0 Å². The van der Waals surface area contributed by atoms with Gasteiger partial charge in [0.2, 0.25) is 0 Å². The highest BCUT2D eigenvalue weighted by molar-refractivity contribution is 9.10. The van der Waals surface area contributed by atoms with Gasteiger partial charge in [0.1, 0.15) is 0 Å². The van der Waals surface area contributed by atoms with Crippen molar-refractivity contribution in [2.75, 3.05) is 27.7 Å². The first kappa shape index (κ1) is 16.6. The minimum atomic E-state index is 0.107. The molecule has 2 aromatic heterocycles. The van der Waals surface area contributed by atoms with E-state index in [0.29, 0.717) is 0 Å². The number of aryl methyl sites for hydroxylation is 2. The van der Waals surface area contributed by atoms with E-state index in [-0.39, 0.29) is 6.04 Å². The molecule has 1 atom stereocenters. The van der Waals surface area contributed by atoms with Crippen LogP contribution < -0.4 is 5.32 Å². The van der Waals surface area contributed by atoms with Crippen molar-refractivity contribution < 1.29 is 0 Å². The molecular weight excluding hydrogens is 350 g/mol. The highest BCUT2D eigenvalue weighted by Crippen LogP contribution is 2.33. The summed E-state index contributed by atoms with van der Waals surface area (Å²) in [6.45, 7) is 5.94. The summed E-state index contributed by atoms with van der Waals surface area (Å²) in [5, 5.41) is 9.01. The lowest BCUT2D eigenvalue weighted by Gasteiger charge is -2.19. The zero-order chi connectivity index (χ0) is 15.6. The number of likely N-dealkylation sites (N-methyl/N-ethyl adjacent to an activating group) is 1. The second kappa shape index (κ2) is 7.00. The number of aromatic nitrogens is 3. The fraction of sp³-hybridized carbons (Fsp3) is 0.571. The average molecular weight is 372 g/mol. The lowest BCUT2D eigenvalue weighted by molar-refractivity contribution is 0.366. The molecule has 0 saturated carbocycles. The Morgan fingerprint density at radius 1 is 1.43 bits per heavy atom. The maximum Gasteiger partial charge on any atom is 0.0900 e. The second-order valence-corrected chi connectivity index (χ2v) is 7.40. The summed E-state index contributed by atoms with van der Waals surface area (Å²) in [6.07, 6.45) is 1.87. The van der Waals surface area contributed by atoms with Crippen LogP contribution in [0.1, 0.15) is 27.3 Å². The van der Waals surface area contributed by atoms with E-state index >= 15 is 0 Å². The van der Waals surface area contributed by atoms with Gasteiger partial charge in [0.05, 0.1) is 44.5 Å². The molecule has 0 aliphatic carbocycles. The van der Waals surface area contributed by atoms with Gasteiger partial charge in [-0.2, -0.15) is 5.10 Å². The number of hydrogen-bond acceptors (Lipinski definition) is 5. The van der Waals surface area contributed by atoms with Crippen LogP contribution in [-0.2, 0) is 6.54 Å². The Kier molecular flexibility index (Phi) is 5.54. The summed E-state index contributed by atoms with van der Waals surface area (Å²) in [5.74, 6) is 0. The summed E-state index contributed by atoms with van der Waals surface area (Å²) in [4.78, 5) is 7.96. The molecule has 0 aromatic carbocycles. The van der Waals surface area contributed by atoms with E-state index in [0.717, 1.165) is 34.0 Å². The molecule has 21 heavy (non-hydrogen) atoms. The molecule has 0 fully saturated rings. The van der Waals surface area contributed by atoms with Gasteiger partial charge in [-0.1, -0.05) is 0 Å². The van der Waals surface area contributed by atoms with Crippen LogP contribution in [0.15, 0.2) is 10.7 Å². The van der Waals surface area contributed by atoms with E-state index in [2.05, 4.69) is 61.9 Å². The number of rotatable bonds is 6. The first-order chi connectivity index (χ1) is 9.93. The average Bonchev–Trinajstić information content (AvgIpc) is 2.93. The van der Waals surface area contributed by atoms with Gasteiger partial charge in [0, 0.05) is 6.54 Å². The number of nitrogens with one attached hydrogen (secondary N) is 1. The van der Waals surface area contributed by atoms with Crippen molar-refractivity contribution in [3.8, 4) is 0 Å². The number of halogens is 1. The minimum absolute atomic E-state index is 0.107. The van der Waals surface area contributed by atoms with Gasteiger partial charge in [-0.05, 0) is 50.9 Å². The zero-order valence-corrected chi connectivity index (χ0v) is 15.5. The smallest absolute Gasteiger partial charge is 0.0900 e. The molecule has 0 aliphatic heterocycles. The molecule has 1 unspecified atom stereocenters. The summed E-state index contributed by atoms with van der Waals surface area (Å²) < 4.78 is 3.10. The summed E-state index contributed by atoms with van der Waals surface area (Å²) in [7, 11) is 6.13. The van der Waals surface area contributed by atoms with Crippen molar-refractivity contribution in [2.24, 2.45) is 0 Å². The third-order valence-corrected chi connectivity index (χ3v) is 5.10. The van der Waals surface area contributed by atoms with E-state index in [9.17, 15) is 0 Å². The molecule has 5 nitrogen and oxygen atoms in total. The Hall–Kier alpha value is -0.760. The molecule has 0 radical (unpaired) electrons. The largest absolute Gasteiger partial charge is 0.308 e. The molecule has 1 N–H and O–H groups in total. The summed E-state index contributed by atoms with van der Waals surface area (Å²) in [5.41, 5.74) is 2.25. The van der Waals surface area contributed by atoms with Crippen molar-refractivity contribution in [3.05, 3.63) is 31.9 Å². The van der Waals surface area contributed by atoms with Crippen molar-refractivity contribution in [1.29, 1.82) is 0 Å². The summed E-state index contributed by atoms with van der Waals surface area (Å²) >= 11 is 5.38. The summed E-state index contributed by atoms with van der Waals surface area (Å²) in [6, 6.07) is 0.107. The predicted molar refractivity (Wildman–Crippen MR) is 91.0 cm³/mol. The maximum atomic E-state index is 4.55. The third-order valence-electron chi connectivity index (χ3n) is 3.36. The molecule has 7 heteroatoms. The van der Waals surface area contributed by atoms with Crippen molar-refractivity contribution in [1.82, 2.24) is 25.0 Å². The van der Waals surface area contributed by atoms with Crippen LogP contribution >= 0.6 is 27.3 Å². The Labute approximate surface area is 138 Å². The fourth-order valence-corrected chi connectivity index (χ4v) is 3.91. The van der Waals surface area contributed by atoms with Crippen molar-refractivity contribution in [3.63, 3.8) is 0 Å². The molecule has 0 spiro atoms.